The molecule has 2 saturated carbocycles. The number of carbonyl (C=O) groups excluding carboxylic acids is 1. The molecule has 0 unspecified atom stereocenters. The van der Waals surface area contributed by atoms with Crippen LogP contribution in [0.3, 0.4) is 0 Å². The van der Waals surface area contributed by atoms with Gasteiger partial charge in [0.1, 0.15) is 0 Å². The second-order valence-corrected chi connectivity index (χ2v) is 6.91. The fraction of sp³-hybridized carbons (Fsp3) is 0.600. The average Bonchev–Trinajstić information content (AvgIpc) is 3.00. The van der Waals surface area contributed by atoms with E-state index in [0.717, 1.165) is 16.3 Å². The van der Waals surface area contributed by atoms with Crippen LogP contribution in [0.4, 0.5) is 0 Å². The molecular formula is C15H19BrN2O. The number of fused-ring (bicyclic) bond motifs is 2. The first-order chi connectivity index (χ1) is 9.13. The molecule has 1 aromatic heterocycles. The maximum absolute atomic E-state index is 12.2. The van der Waals surface area contributed by atoms with Gasteiger partial charge in [0, 0.05) is 22.9 Å². The molecule has 4 heteroatoms. The van der Waals surface area contributed by atoms with Crippen LogP contribution in [0.5, 0.6) is 0 Å². The van der Waals surface area contributed by atoms with Crippen LogP contribution in [-0.4, -0.2) is 16.9 Å². The van der Waals surface area contributed by atoms with Crippen molar-refractivity contribution in [2.45, 2.75) is 38.6 Å². The number of rotatable bonds is 3. The molecule has 0 aromatic carbocycles. The number of halogens is 1. The van der Waals surface area contributed by atoms with Gasteiger partial charge in [0.15, 0.2) is 0 Å². The Bertz CT molecular complexity index is 491. The number of nitrogens with zero attached hydrogens (tertiary/aromatic N) is 1. The molecule has 2 bridgehead atoms. The SMILES string of the molecule is C[C@@H](NC(=O)c1cncc(Br)c1)[C@@H]1C[C@H]2CC[C@H]1C2. The third-order valence-corrected chi connectivity index (χ3v) is 5.19. The van der Waals surface area contributed by atoms with Crippen molar-refractivity contribution in [3.63, 3.8) is 0 Å². The predicted octanol–water partition coefficient (Wildman–Crippen LogP) is 3.40. The summed E-state index contributed by atoms with van der Waals surface area (Å²) in [5.41, 5.74) is 0.629. The van der Waals surface area contributed by atoms with E-state index in [1.807, 2.05) is 6.07 Å². The van der Waals surface area contributed by atoms with Gasteiger partial charge in [-0.05, 0) is 65.9 Å². The van der Waals surface area contributed by atoms with Crippen molar-refractivity contribution in [3.05, 3.63) is 28.5 Å². The zero-order chi connectivity index (χ0) is 13.4. The largest absolute Gasteiger partial charge is 0.349 e. The molecule has 19 heavy (non-hydrogen) atoms. The molecule has 3 nitrogen and oxygen atoms in total. The summed E-state index contributed by atoms with van der Waals surface area (Å²) in [7, 11) is 0. The van der Waals surface area contributed by atoms with Crippen LogP contribution >= 0.6 is 15.9 Å². The van der Waals surface area contributed by atoms with E-state index in [-0.39, 0.29) is 11.9 Å². The summed E-state index contributed by atoms with van der Waals surface area (Å²) in [5.74, 6) is 2.41. The lowest BCUT2D eigenvalue weighted by Gasteiger charge is -2.28. The van der Waals surface area contributed by atoms with Gasteiger partial charge in [-0.1, -0.05) is 6.42 Å². The highest BCUT2D eigenvalue weighted by atomic mass is 79.9. The maximum Gasteiger partial charge on any atom is 0.253 e. The highest BCUT2D eigenvalue weighted by Crippen LogP contribution is 2.49. The summed E-state index contributed by atoms with van der Waals surface area (Å²) in [4.78, 5) is 16.2. The molecule has 2 aliphatic carbocycles. The van der Waals surface area contributed by atoms with E-state index in [1.54, 1.807) is 12.4 Å². The van der Waals surface area contributed by atoms with Crippen LogP contribution in [0.15, 0.2) is 22.9 Å². The van der Waals surface area contributed by atoms with Gasteiger partial charge >= 0.3 is 0 Å². The first-order valence-corrected chi connectivity index (χ1v) is 7.84. The van der Waals surface area contributed by atoms with Gasteiger partial charge in [0.2, 0.25) is 0 Å². The number of aromatic nitrogens is 1. The third kappa shape index (κ3) is 2.69. The Morgan fingerprint density at radius 3 is 2.89 bits per heavy atom. The lowest BCUT2D eigenvalue weighted by atomic mass is 9.84. The minimum absolute atomic E-state index is 0.0101. The van der Waals surface area contributed by atoms with Crippen LogP contribution in [0.1, 0.15) is 43.0 Å². The first kappa shape index (κ1) is 13.1. The monoisotopic (exact) mass is 322 g/mol. The van der Waals surface area contributed by atoms with Crippen molar-refractivity contribution in [1.82, 2.24) is 10.3 Å². The second kappa shape index (κ2) is 5.23. The van der Waals surface area contributed by atoms with Crippen molar-refractivity contribution in [2.75, 3.05) is 0 Å². The Labute approximate surface area is 122 Å². The van der Waals surface area contributed by atoms with Crippen LogP contribution in [-0.2, 0) is 0 Å². The normalized spacial score (nSPS) is 30.3. The highest BCUT2D eigenvalue weighted by Gasteiger charge is 2.42. The van der Waals surface area contributed by atoms with Gasteiger partial charge in [0.05, 0.1) is 5.56 Å². The van der Waals surface area contributed by atoms with Crippen LogP contribution < -0.4 is 5.32 Å². The number of amides is 1. The van der Waals surface area contributed by atoms with Gasteiger partial charge in [-0.25, -0.2) is 0 Å². The summed E-state index contributed by atoms with van der Waals surface area (Å²) in [6.45, 7) is 2.15. The van der Waals surface area contributed by atoms with E-state index in [9.17, 15) is 4.79 Å². The van der Waals surface area contributed by atoms with Gasteiger partial charge in [-0.2, -0.15) is 0 Å². The summed E-state index contributed by atoms with van der Waals surface area (Å²) in [6.07, 6.45) is 8.74. The number of hydrogen-bond donors (Lipinski definition) is 1. The molecule has 1 aromatic rings. The van der Waals surface area contributed by atoms with Crippen LogP contribution in [0.2, 0.25) is 0 Å². The topological polar surface area (TPSA) is 42.0 Å². The molecule has 3 rings (SSSR count). The van der Waals surface area contributed by atoms with E-state index < -0.39 is 0 Å². The zero-order valence-corrected chi connectivity index (χ0v) is 12.7. The van der Waals surface area contributed by atoms with E-state index in [0.29, 0.717) is 11.5 Å². The van der Waals surface area contributed by atoms with Crippen LogP contribution in [0, 0.1) is 17.8 Å². The molecule has 0 saturated heterocycles. The zero-order valence-electron chi connectivity index (χ0n) is 11.1. The second-order valence-electron chi connectivity index (χ2n) is 5.99. The summed E-state index contributed by atoms with van der Waals surface area (Å²) in [6, 6.07) is 2.08. The molecule has 102 valence electrons. The maximum atomic E-state index is 12.2. The number of hydrogen-bond acceptors (Lipinski definition) is 2. The minimum Gasteiger partial charge on any atom is -0.349 e. The number of pyridine rings is 1. The highest BCUT2D eigenvalue weighted by molar-refractivity contribution is 9.10. The standard InChI is InChI=1S/C15H19BrN2O/c1-9(14-5-10-2-3-11(14)4-10)18-15(19)12-6-13(16)8-17-7-12/h6-11,14H,2-5H2,1H3,(H,18,19)/t9-,10+,11+,14+/m1/s1. The molecule has 4 atom stereocenters. The summed E-state index contributed by atoms with van der Waals surface area (Å²) in [5, 5.41) is 3.15. The third-order valence-electron chi connectivity index (χ3n) is 4.76. The predicted molar refractivity (Wildman–Crippen MR) is 77.8 cm³/mol. The van der Waals surface area contributed by atoms with Crippen molar-refractivity contribution in [2.24, 2.45) is 17.8 Å². The fourth-order valence-corrected chi connectivity index (χ4v) is 4.20. The number of nitrogens with one attached hydrogen (secondary N) is 1. The molecule has 0 spiro atoms. The van der Waals surface area contributed by atoms with E-state index in [2.05, 4.69) is 33.2 Å². The molecule has 1 N–H and O–H groups in total. The van der Waals surface area contributed by atoms with E-state index in [4.69, 9.17) is 0 Å². The molecule has 1 amide bonds. The smallest absolute Gasteiger partial charge is 0.253 e. The fourth-order valence-electron chi connectivity index (χ4n) is 3.84. The number of carbonyl (C=O) groups is 1. The first-order valence-electron chi connectivity index (χ1n) is 7.05. The Balaban J connectivity index is 1.63. The van der Waals surface area contributed by atoms with Crippen molar-refractivity contribution in [3.8, 4) is 0 Å². The lowest BCUT2D eigenvalue weighted by molar-refractivity contribution is 0.0915. The van der Waals surface area contributed by atoms with Gasteiger partial charge in [-0.3, -0.25) is 9.78 Å². The Morgan fingerprint density at radius 1 is 1.42 bits per heavy atom. The van der Waals surface area contributed by atoms with E-state index >= 15 is 0 Å². The summed E-state index contributed by atoms with van der Waals surface area (Å²) < 4.78 is 0.840. The summed E-state index contributed by atoms with van der Waals surface area (Å²) >= 11 is 3.35. The molecule has 0 radical (unpaired) electrons. The Hall–Kier alpha value is -0.900. The quantitative estimate of drug-likeness (QED) is 0.926. The van der Waals surface area contributed by atoms with Crippen molar-refractivity contribution >= 4 is 21.8 Å². The van der Waals surface area contributed by atoms with Crippen LogP contribution in [0.25, 0.3) is 0 Å². The molecule has 2 aliphatic rings. The Morgan fingerprint density at radius 2 is 2.26 bits per heavy atom. The Kier molecular flexibility index (Phi) is 3.61. The minimum atomic E-state index is -0.0101. The average molecular weight is 323 g/mol. The van der Waals surface area contributed by atoms with Gasteiger partial charge in [-0.15, -0.1) is 0 Å². The van der Waals surface area contributed by atoms with Crippen molar-refractivity contribution < 1.29 is 4.79 Å². The molecule has 2 fully saturated rings. The molecule has 0 aliphatic heterocycles. The lowest BCUT2D eigenvalue weighted by Crippen LogP contribution is -2.40. The van der Waals surface area contributed by atoms with E-state index in [1.165, 1.54) is 25.7 Å². The molecule has 1 heterocycles. The molecular weight excluding hydrogens is 304 g/mol. The van der Waals surface area contributed by atoms with Gasteiger partial charge in [0.25, 0.3) is 5.91 Å². The van der Waals surface area contributed by atoms with Gasteiger partial charge < -0.3 is 5.32 Å². The van der Waals surface area contributed by atoms with Crippen molar-refractivity contribution in [1.29, 1.82) is 0 Å².